The molecule has 0 atom stereocenters. The van der Waals surface area contributed by atoms with Gasteiger partial charge in [-0.2, -0.15) is 0 Å². The molecule has 0 saturated carbocycles. The van der Waals surface area contributed by atoms with Gasteiger partial charge in [-0.25, -0.2) is 0 Å². The van der Waals surface area contributed by atoms with E-state index in [1.807, 2.05) is 34.0 Å². The van der Waals surface area contributed by atoms with Crippen molar-refractivity contribution < 1.29 is 9.59 Å². The average molecular weight is 319 g/mol. The van der Waals surface area contributed by atoms with Gasteiger partial charge in [0.1, 0.15) is 0 Å². The van der Waals surface area contributed by atoms with Gasteiger partial charge in [-0.15, -0.1) is 0 Å². The van der Waals surface area contributed by atoms with Crippen LogP contribution in [0.15, 0.2) is 18.2 Å². The molecule has 0 aliphatic heterocycles. The molecule has 0 spiro atoms. The van der Waals surface area contributed by atoms with Crippen LogP contribution in [0.25, 0.3) is 0 Å². The Kier molecular flexibility index (Phi) is 7.75. The summed E-state index contributed by atoms with van der Waals surface area (Å²) in [5.74, 6) is -0.0174. The number of carbonyl (C=O) groups excluding carboxylic acids is 2. The van der Waals surface area contributed by atoms with E-state index in [1.165, 1.54) is 12.5 Å². The first-order valence-electron chi connectivity index (χ1n) is 8.06. The number of carbonyl (C=O) groups is 2. The average Bonchev–Trinajstić information content (AvgIpc) is 2.48. The number of nitrogens with one attached hydrogen (secondary N) is 2. The van der Waals surface area contributed by atoms with Gasteiger partial charge < -0.3 is 15.5 Å². The summed E-state index contributed by atoms with van der Waals surface area (Å²) >= 11 is 0. The van der Waals surface area contributed by atoms with Crippen molar-refractivity contribution in [3.8, 4) is 0 Å². The maximum absolute atomic E-state index is 11.7. The lowest BCUT2D eigenvalue weighted by molar-refractivity contribution is -0.124. The summed E-state index contributed by atoms with van der Waals surface area (Å²) in [6.07, 6.45) is 0.937. The van der Waals surface area contributed by atoms with E-state index in [4.69, 9.17) is 0 Å². The van der Waals surface area contributed by atoms with E-state index < -0.39 is 0 Å². The lowest BCUT2D eigenvalue weighted by atomic mass is 10.0. The van der Waals surface area contributed by atoms with Crippen LogP contribution in [-0.4, -0.2) is 37.4 Å². The molecule has 0 fully saturated rings. The fraction of sp³-hybridized carbons (Fsp3) is 0.556. The Morgan fingerprint density at radius 1 is 1.00 bits per heavy atom. The molecule has 5 heteroatoms. The third-order valence-electron chi connectivity index (χ3n) is 3.49. The second-order valence-electron chi connectivity index (χ2n) is 6.49. The summed E-state index contributed by atoms with van der Waals surface area (Å²) in [5, 5.41) is 5.77. The molecule has 1 aromatic carbocycles. The number of amides is 2. The zero-order valence-corrected chi connectivity index (χ0v) is 14.9. The predicted molar refractivity (Wildman–Crippen MR) is 92.9 cm³/mol. The smallest absolute Gasteiger partial charge is 0.222 e. The molecule has 2 amide bonds. The van der Waals surface area contributed by atoms with Crippen LogP contribution in [0.5, 0.6) is 0 Å². The molecule has 0 aromatic heterocycles. The zero-order valence-electron chi connectivity index (χ0n) is 14.9. The van der Waals surface area contributed by atoms with Gasteiger partial charge in [0.25, 0.3) is 0 Å². The molecule has 1 rings (SSSR count). The van der Waals surface area contributed by atoms with Gasteiger partial charge in [-0.3, -0.25) is 9.59 Å². The second-order valence-corrected chi connectivity index (χ2v) is 6.49. The van der Waals surface area contributed by atoms with E-state index in [0.717, 1.165) is 24.1 Å². The molecule has 2 N–H and O–H groups in total. The van der Waals surface area contributed by atoms with Crippen molar-refractivity contribution >= 4 is 11.8 Å². The lowest BCUT2D eigenvalue weighted by Crippen LogP contribution is -2.27. The van der Waals surface area contributed by atoms with Crippen molar-refractivity contribution in [2.45, 2.75) is 40.3 Å². The summed E-state index contributed by atoms with van der Waals surface area (Å²) in [6.45, 7) is 7.26. The topological polar surface area (TPSA) is 61.4 Å². The number of likely N-dealkylation sites (N-methyl/N-ethyl adjacent to an activating group) is 1. The fourth-order valence-corrected chi connectivity index (χ4v) is 2.16. The highest BCUT2D eigenvalue weighted by Crippen LogP contribution is 2.12. The molecule has 5 nitrogen and oxygen atoms in total. The Balaban J connectivity index is 2.84. The summed E-state index contributed by atoms with van der Waals surface area (Å²) in [5.41, 5.74) is 3.34. The Hall–Kier alpha value is -1.88. The summed E-state index contributed by atoms with van der Waals surface area (Å²) < 4.78 is 0. The molecular weight excluding hydrogens is 290 g/mol. The highest BCUT2D eigenvalue weighted by atomic mass is 16.2. The Morgan fingerprint density at radius 3 is 2.00 bits per heavy atom. The van der Waals surface area contributed by atoms with Crippen LogP contribution in [0.3, 0.4) is 0 Å². The van der Waals surface area contributed by atoms with Gasteiger partial charge in [-0.05, 0) is 37.2 Å². The van der Waals surface area contributed by atoms with Gasteiger partial charge in [0, 0.05) is 32.5 Å². The quantitative estimate of drug-likeness (QED) is 0.767. The van der Waals surface area contributed by atoms with Crippen LogP contribution in [-0.2, 0) is 29.1 Å². The third kappa shape index (κ3) is 7.79. The molecule has 128 valence electrons. The van der Waals surface area contributed by atoms with Crippen LogP contribution in [0.2, 0.25) is 0 Å². The fourth-order valence-electron chi connectivity index (χ4n) is 2.16. The first kappa shape index (κ1) is 19.2. The van der Waals surface area contributed by atoms with E-state index in [1.54, 1.807) is 0 Å². The molecule has 0 bridgehead atoms. The number of hydrogen-bond acceptors (Lipinski definition) is 3. The largest absolute Gasteiger partial charge is 0.352 e. The first-order valence-corrected chi connectivity index (χ1v) is 8.06. The summed E-state index contributed by atoms with van der Waals surface area (Å²) in [6, 6.07) is 6.28. The number of rotatable bonds is 8. The maximum Gasteiger partial charge on any atom is 0.222 e. The molecule has 1 aromatic rings. The maximum atomic E-state index is 11.7. The summed E-state index contributed by atoms with van der Waals surface area (Å²) in [4.78, 5) is 25.0. The minimum Gasteiger partial charge on any atom is -0.352 e. The minimum atomic E-state index is -0.0432. The van der Waals surface area contributed by atoms with Crippen LogP contribution in [0.4, 0.5) is 0 Å². The van der Waals surface area contributed by atoms with E-state index in [2.05, 4.69) is 27.7 Å². The molecule has 0 aliphatic rings. The van der Waals surface area contributed by atoms with Gasteiger partial charge >= 0.3 is 0 Å². The van der Waals surface area contributed by atoms with E-state index >= 15 is 0 Å². The zero-order chi connectivity index (χ0) is 17.4. The Labute approximate surface area is 139 Å². The van der Waals surface area contributed by atoms with E-state index in [0.29, 0.717) is 13.1 Å². The monoisotopic (exact) mass is 319 g/mol. The van der Waals surface area contributed by atoms with E-state index in [-0.39, 0.29) is 17.7 Å². The second kappa shape index (κ2) is 9.30. The van der Waals surface area contributed by atoms with Gasteiger partial charge in [0.05, 0.1) is 0 Å². The number of nitrogens with zero attached hydrogens (tertiary/aromatic N) is 1. The summed E-state index contributed by atoms with van der Waals surface area (Å²) in [7, 11) is 4.09. The minimum absolute atomic E-state index is 0.0224. The third-order valence-corrected chi connectivity index (χ3v) is 3.49. The van der Waals surface area contributed by atoms with Gasteiger partial charge in [0.15, 0.2) is 0 Å². The normalized spacial score (nSPS) is 10.9. The molecule has 0 unspecified atom stereocenters. The predicted octanol–water partition coefficient (Wildman–Crippen LogP) is 1.70. The highest BCUT2D eigenvalue weighted by Gasteiger charge is 2.08. The van der Waals surface area contributed by atoms with Crippen LogP contribution in [0.1, 0.15) is 37.5 Å². The van der Waals surface area contributed by atoms with Crippen molar-refractivity contribution in [2.24, 2.45) is 5.92 Å². The molecule has 0 radical (unpaired) electrons. The van der Waals surface area contributed by atoms with Crippen molar-refractivity contribution in [3.63, 3.8) is 0 Å². The first-order chi connectivity index (χ1) is 10.8. The standard InChI is InChI=1S/C18H29N3O2/c1-13(2)18(23)20-12-17-9-15(6-7-21(4)5)8-16(10-17)11-19-14(3)22/h8-10,13H,6-7,11-12H2,1-5H3,(H,19,22)(H,20,23). The molecule has 23 heavy (non-hydrogen) atoms. The SMILES string of the molecule is CC(=O)NCc1cc(CCN(C)C)cc(CNC(=O)C(C)C)c1. The molecular formula is C18H29N3O2. The van der Waals surface area contributed by atoms with E-state index in [9.17, 15) is 9.59 Å². The molecule has 0 heterocycles. The van der Waals surface area contributed by atoms with Crippen LogP contribution in [0, 0.1) is 5.92 Å². The van der Waals surface area contributed by atoms with Crippen LogP contribution < -0.4 is 10.6 Å². The van der Waals surface area contributed by atoms with Crippen molar-refractivity contribution in [1.82, 2.24) is 15.5 Å². The lowest BCUT2D eigenvalue weighted by Gasteiger charge is -2.14. The Morgan fingerprint density at radius 2 is 1.52 bits per heavy atom. The highest BCUT2D eigenvalue weighted by molar-refractivity contribution is 5.77. The van der Waals surface area contributed by atoms with Crippen molar-refractivity contribution in [3.05, 3.63) is 34.9 Å². The van der Waals surface area contributed by atoms with Crippen molar-refractivity contribution in [2.75, 3.05) is 20.6 Å². The number of hydrogen-bond donors (Lipinski definition) is 2. The van der Waals surface area contributed by atoms with Gasteiger partial charge in [0.2, 0.25) is 11.8 Å². The Bertz CT molecular complexity index is 539. The van der Waals surface area contributed by atoms with Crippen molar-refractivity contribution in [1.29, 1.82) is 0 Å². The van der Waals surface area contributed by atoms with Gasteiger partial charge in [-0.1, -0.05) is 32.0 Å². The molecule has 0 aliphatic carbocycles. The van der Waals surface area contributed by atoms with Crippen LogP contribution >= 0.6 is 0 Å². The number of benzene rings is 1. The molecule has 0 saturated heterocycles.